The van der Waals surface area contributed by atoms with Crippen LogP contribution in [0.4, 0.5) is 0 Å². The van der Waals surface area contributed by atoms with Gasteiger partial charge in [-0.25, -0.2) is 0 Å². The summed E-state index contributed by atoms with van der Waals surface area (Å²) in [4.78, 5) is 24.6. The Labute approximate surface area is 519 Å². The van der Waals surface area contributed by atoms with Crippen LogP contribution in [0.5, 0.6) is 0 Å². The fourth-order valence-corrected chi connectivity index (χ4v) is 11.9. The molecule has 0 rings (SSSR count). The molecule has 0 aromatic rings. The van der Waals surface area contributed by atoms with Gasteiger partial charge >= 0.3 is 5.97 Å². The number of nitrogens with one attached hydrogen (secondary N) is 1. The Kier molecular flexibility index (Phi) is 70.9. The van der Waals surface area contributed by atoms with Crippen LogP contribution in [0.2, 0.25) is 0 Å². The smallest absolute Gasteiger partial charge is 0.305 e. The van der Waals surface area contributed by atoms with Crippen molar-refractivity contribution in [1.82, 2.24) is 5.32 Å². The van der Waals surface area contributed by atoms with E-state index in [1.54, 1.807) is 6.08 Å². The summed E-state index contributed by atoms with van der Waals surface area (Å²) >= 11 is 0. The number of hydrogen-bond acceptors (Lipinski definition) is 5. The molecule has 2 atom stereocenters. The summed E-state index contributed by atoms with van der Waals surface area (Å²) in [5, 5.41) is 23.3. The number of esters is 1. The minimum Gasteiger partial charge on any atom is -0.466 e. The molecule has 0 spiro atoms. The van der Waals surface area contributed by atoms with E-state index >= 15 is 0 Å². The number of unbranched alkanes of at least 4 members (excludes halogenated alkanes) is 56. The number of aliphatic hydroxyl groups is 2. The standard InChI is InChI=1S/C77H147NO5/c1-3-5-7-9-11-13-15-17-18-19-20-21-30-33-36-39-42-46-49-53-57-61-65-69-75(80)74(73-79)78-76(81)70-66-62-58-54-50-47-43-40-37-34-31-28-26-24-22-23-25-27-29-32-35-38-41-44-48-52-56-60-64-68-72-83-77(82)71-67-63-59-55-51-45-16-14-12-10-8-6-4-2/h14,16,23,25,65,69,74-75,79-80H,3-13,15,17-22,24,26-64,66-68,70-73H2,1-2H3,(H,78,81)/b16-14-,25-23-,69-65+. The second kappa shape index (κ2) is 72.6. The van der Waals surface area contributed by atoms with E-state index in [-0.39, 0.29) is 18.5 Å². The molecule has 1 amide bonds. The van der Waals surface area contributed by atoms with Crippen LogP contribution in [0.15, 0.2) is 36.5 Å². The molecule has 490 valence electrons. The van der Waals surface area contributed by atoms with Gasteiger partial charge < -0.3 is 20.3 Å². The summed E-state index contributed by atoms with van der Waals surface area (Å²) in [7, 11) is 0. The number of hydrogen-bond donors (Lipinski definition) is 3. The van der Waals surface area contributed by atoms with E-state index in [4.69, 9.17) is 4.74 Å². The second-order valence-electron chi connectivity index (χ2n) is 26.0. The Hall–Kier alpha value is -1.92. The van der Waals surface area contributed by atoms with Crippen LogP contribution in [-0.2, 0) is 14.3 Å². The van der Waals surface area contributed by atoms with E-state index in [9.17, 15) is 19.8 Å². The Bertz CT molecular complexity index is 1340. The Morgan fingerprint density at radius 3 is 0.867 bits per heavy atom. The first-order chi connectivity index (χ1) is 41.0. The van der Waals surface area contributed by atoms with Crippen LogP contribution in [0.25, 0.3) is 0 Å². The SMILES string of the molecule is CCCCCC/C=C\CCCCCCCC(=O)OCCCCCCCCCCCCCC/C=C\CCCCCCCCCCCCCCCCC(=O)NC(CO)C(O)/C=C/CCCCCCCCCCCCCCCCCCCCCCC. The topological polar surface area (TPSA) is 95.9 Å². The molecular weight excluding hydrogens is 1020 g/mol. The highest BCUT2D eigenvalue weighted by atomic mass is 16.5. The number of aliphatic hydroxyl groups excluding tert-OH is 2. The van der Waals surface area contributed by atoms with Gasteiger partial charge in [0.2, 0.25) is 5.91 Å². The third kappa shape index (κ3) is 69.1. The molecule has 0 heterocycles. The number of allylic oxidation sites excluding steroid dienone is 5. The molecule has 6 heteroatoms. The quantitative estimate of drug-likeness (QED) is 0.0320. The minimum atomic E-state index is -0.845. The summed E-state index contributed by atoms with van der Waals surface area (Å²) in [6.45, 7) is 4.93. The first kappa shape index (κ1) is 81.1. The molecule has 0 aliphatic carbocycles. The van der Waals surface area contributed by atoms with Gasteiger partial charge in [0.05, 0.1) is 25.4 Å². The zero-order valence-electron chi connectivity index (χ0n) is 56.2. The molecule has 0 saturated heterocycles. The van der Waals surface area contributed by atoms with E-state index in [0.717, 1.165) is 44.9 Å². The monoisotopic (exact) mass is 1170 g/mol. The maximum absolute atomic E-state index is 12.5. The predicted molar refractivity (Wildman–Crippen MR) is 366 cm³/mol. The van der Waals surface area contributed by atoms with Crippen LogP contribution in [0.3, 0.4) is 0 Å². The fraction of sp³-hybridized carbons (Fsp3) is 0.896. The third-order valence-corrected chi connectivity index (χ3v) is 17.6. The van der Waals surface area contributed by atoms with Crippen LogP contribution in [0, 0.1) is 0 Å². The van der Waals surface area contributed by atoms with E-state index in [1.807, 2.05) is 6.08 Å². The lowest BCUT2D eigenvalue weighted by Gasteiger charge is -2.20. The minimum absolute atomic E-state index is 0.00805. The van der Waals surface area contributed by atoms with Crippen molar-refractivity contribution < 1.29 is 24.5 Å². The van der Waals surface area contributed by atoms with Gasteiger partial charge in [0.15, 0.2) is 0 Å². The van der Waals surface area contributed by atoms with Crippen molar-refractivity contribution in [3.8, 4) is 0 Å². The number of rotatable bonds is 71. The van der Waals surface area contributed by atoms with Gasteiger partial charge in [-0.3, -0.25) is 9.59 Å². The first-order valence-electron chi connectivity index (χ1n) is 37.8. The lowest BCUT2D eigenvalue weighted by Crippen LogP contribution is -2.45. The molecule has 0 aliphatic rings. The normalized spacial score (nSPS) is 12.7. The van der Waals surface area contributed by atoms with Crippen LogP contribution >= 0.6 is 0 Å². The van der Waals surface area contributed by atoms with Gasteiger partial charge in [-0.15, -0.1) is 0 Å². The average Bonchev–Trinajstić information content (AvgIpc) is 3.48. The van der Waals surface area contributed by atoms with Crippen molar-refractivity contribution in [3.63, 3.8) is 0 Å². The van der Waals surface area contributed by atoms with Gasteiger partial charge in [0.25, 0.3) is 0 Å². The molecule has 0 aromatic heterocycles. The molecule has 0 aliphatic heterocycles. The van der Waals surface area contributed by atoms with Crippen LogP contribution < -0.4 is 5.32 Å². The van der Waals surface area contributed by atoms with Gasteiger partial charge in [-0.1, -0.05) is 359 Å². The lowest BCUT2D eigenvalue weighted by molar-refractivity contribution is -0.143. The molecule has 2 unspecified atom stereocenters. The molecule has 83 heavy (non-hydrogen) atoms. The number of carbonyl (C=O) groups excluding carboxylic acids is 2. The summed E-state index contributed by atoms with van der Waals surface area (Å²) < 4.78 is 5.48. The molecule has 0 fully saturated rings. The lowest BCUT2D eigenvalue weighted by atomic mass is 10.0. The molecular formula is C77H147NO5. The van der Waals surface area contributed by atoms with Crippen molar-refractivity contribution in [3.05, 3.63) is 36.5 Å². The zero-order valence-corrected chi connectivity index (χ0v) is 56.2. The predicted octanol–water partition coefficient (Wildman–Crippen LogP) is 24.7. The largest absolute Gasteiger partial charge is 0.466 e. The maximum Gasteiger partial charge on any atom is 0.305 e. The molecule has 0 bridgehead atoms. The summed E-state index contributed by atoms with van der Waals surface area (Å²) in [5.74, 6) is -0.0540. The highest BCUT2D eigenvalue weighted by Crippen LogP contribution is 2.19. The second-order valence-corrected chi connectivity index (χ2v) is 26.0. The third-order valence-electron chi connectivity index (χ3n) is 17.6. The van der Waals surface area contributed by atoms with Crippen LogP contribution in [-0.4, -0.2) is 47.4 Å². The van der Waals surface area contributed by atoms with Crippen LogP contribution in [0.1, 0.15) is 418 Å². The van der Waals surface area contributed by atoms with E-state index < -0.39 is 12.1 Å². The van der Waals surface area contributed by atoms with Gasteiger partial charge in [-0.05, 0) is 83.5 Å². The molecule has 6 nitrogen and oxygen atoms in total. The van der Waals surface area contributed by atoms with Crippen molar-refractivity contribution in [2.24, 2.45) is 0 Å². The van der Waals surface area contributed by atoms with Gasteiger partial charge in [0, 0.05) is 12.8 Å². The highest BCUT2D eigenvalue weighted by Gasteiger charge is 2.18. The molecule has 3 N–H and O–H groups in total. The van der Waals surface area contributed by atoms with Gasteiger partial charge in [0.1, 0.15) is 0 Å². The summed E-state index contributed by atoms with van der Waals surface area (Å²) in [6.07, 6.45) is 93.9. The molecule has 0 aromatic carbocycles. The van der Waals surface area contributed by atoms with E-state index in [1.165, 1.54) is 347 Å². The average molecular weight is 1170 g/mol. The Morgan fingerprint density at radius 1 is 0.325 bits per heavy atom. The van der Waals surface area contributed by atoms with Crippen molar-refractivity contribution >= 4 is 11.9 Å². The van der Waals surface area contributed by atoms with Gasteiger partial charge in [-0.2, -0.15) is 0 Å². The fourth-order valence-electron chi connectivity index (χ4n) is 11.9. The first-order valence-corrected chi connectivity index (χ1v) is 37.8. The van der Waals surface area contributed by atoms with E-state index in [0.29, 0.717) is 19.4 Å². The van der Waals surface area contributed by atoms with Crippen molar-refractivity contribution in [2.75, 3.05) is 13.2 Å². The number of ether oxygens (including phenoxy) is 1. The summed E-state index contributed by atoms with van der Waals surface area (Å²) in [5.41, 5.74) is 0. The molecule has 0 saturated carbocycles. The summed E-state index contributed by atoms with van der Waals surface area (Å²) in [6, 6.07) is -0.628. The Balaban J connectivity index is 3.40. The van der Waals surface area contributed by atoms with E-state index in [2.05, 4.69) is 43.5 Å². The molecule has 0 radical (unpaired) electrons. The van der Waals surface area contributed by atoms with Crippen molar-refractivity contribution in [2.45, 2.75) is 431 Å². The Morgan fingerprint density at radius 2 is 0.566 bits per heavy atom. The highest BCUT2D eigenvalue weighted by molar-refractivity contribution is 5.76. The number of carbonyl (C=O) groups is 2. The number of amides is 1. The maximum atomic E-state index is 12.5. The zero-order chi connectivity index (χ0) is 59.9. The van der Waals surface area contributed by atoms with Crippen molar-refractivity contribution in [1.29, 1.82) is 0 Å².